The summed E-state index contributed by atoms with van der Waals surface area (Å²) in [6.45, 7) is 6.09. The highest BCUT2D eigenvalue weighted by Crippen LogP contribution is 2.22. The van der Waals surface area contributed by atoms with Crippen molar-refractivity contribution in [3.05, 3.63) is 71.0 Å². The Balaban J connectivity index is 1.82. The van der Waals surface area contributed by atoms with Crippen LogP contribution in [0.15, 0.2) is 52.9 Å². The fraction of sp³-hybridized carbons (Fsp3) is 0.211. The molecule has 1 amide bonds. The molecule has 1 aromatic heterocycles. The van der Waals surface area contributed by atoms with Crippen molar-refractivity contribution in [3.8, 4) is 0 Å². The fourth-order valence-corrected chi connectivity index (χ4v) is 2.67. The monoisotopic (exact) mass is 293 g/mol. The standard InChI is InChI=1S/C19H19NO2/c1-12-8-9-13(2)16(10-12)14(3)20-19(21)18-11-15-6-4-5-7-17(15)22-18/h4-11,14H,1-3H3,(H,20,21)/t14-/m1/s1. The van der Waals surface area contributed by atoms with Crippen molar-refractivity contribution in [2.45, 2.75) is 26.8 Å². The summed E-state index contributed by atoms with van der Waals surface area (Å²) in [6, 6.07) is 15.6. The lowest BCUT2D eigenvalue weighted by Crippen LogP contribution is -2.26. The maximum atomic E-state index is 12.4. The largest absolute Gasteiger partial charge is 0.451 e. The van der Waals surface area contributed by atoms with E-state index < -0.39 is 0 Å². The highest BCUT2D eigenvalue weighted by atomic mass is 16.3. The summed E-state index contributed by atoms with van der Waals surface area (Å²) in [7, 11) is 0. The van der Waals surface area contributed by atoms with Crippen LogP contribution in [0.1, 0.15) is 40.2 Å². The Bertz CT molecular complexity index is 799. The van der Waals surface area contributed by atoms with Crippen LogP contribution in [0.4, 0.5) is 0 Å². The van der Waals surface area contributed by atoms with Crippen molar-refractivity contribution >= 4 is 16.9 Å². The van der Waals surface area contributed by atoms with E-state index in [1.54, 1.807) is 6.07 Å². The second-order valence-electron chi connectivity index (χ2n) is 5.70. The van der Waals surface area contributed by atoms with Gasteiger partial charge in [0.2, 0.25) is 0 Å². The summed E-state index contributed by atoms with van der Waals surface area (Å²) in [5.41, 5.74) is 4.21. The van der Waals surface area contributed by atoms with Gasteiger partial charge < -0.3 is 9.73 Å². The minimum atomic E-state index is -0.190. The first-order valence-electron chi connectivity index (χ1n) is 7.41. The molecule has 0 fully saturated rings. The zero-order valence-electron chi connectivity index (χ0n) is 13.0. The van der Waals surface area contributed by atoms with Crippen LogP contribution in [0.3, 0.4) is 0 Å². The lowest BCUT2D eigenvalue weighted by Gasteiger charge is -2.16. The van der Waals surface area contributed by atoms with Crippen LogP contribution >= 0.6 is 0 Å². The van der Waals surface area contributed by atoms with Gasteiger partial charge in [-0.25, -0.2) is 0 Å². The van der Waals surface area contributed by atoms with Gasteiger partial charge in [0.25, 0.3) is 5.91 Å². The molecule has 1 atom stereocenters. The molecule has 2 aromatic carbocycles. The molecule has 1 N–H and O–H groups in total. The topological polar surface area (TPSA) is 42.2 Å². The van der Waals surface area contributed by atoms with E-state index in [1.165, 1.54) is 11.1 Å². The van der Waals surface area contributed by atoms with Gasteiger partial charge in [-0.05, 0) is 44.0 Å². The average Bonchev–Trinajstić information content (AvgIpc) is 2.93. The predicted octanol–water partition coefficient (Wildman–Crippen LogP) is 4.54. The number of carbonyl (C=O) groups is 1. The maximum Gasteiger partial charge on any atom is 0.287 e. The molecule has 112 valence electrons. The number of fused-ring (bicyclic) bond motifs is 1. The first kappa shape index (κ1) is 14.4. The third kappa shape index (κ3) is 2.75. The number of amides is 1. The molecule has 22 heavy (non-hydrogen) atoms. The number of benzene rings is 2. The molecule has 3 aromatic rings. The molecule has 3 rings (SSSR count). The van der Waals surface area contributed by atoms with E-state index >= 15 is 0 Å². The van der Waals surface area contributed by atoms with Gasteiger partial charge in [0.1, 0.15) is 5.58 Å². The van der Waals surface area contributed by atoms with Gasteiger partial charge in [-0.3, -0.25) is 4.79 Å². The van der Waals surface area contributed by atoms with Gasteiger partial charge in [0.15, 0.2) is 5.76 Å². The van der Waals surface area contributed by atoms with Crippen molar-refractivity contribution in [2.75, 3.05) is 0 Å². The minimum Gasteiger partial charge on any atom is -0.451 e. The van der Waals surface area contributed by atoms with Gasteiger partial charge in [-0.15, -0.1) is 0 Å². The third-order valence-electron chi connectivity index (χ3n) is 3.90. The van der Waals surface area contributed by atoms with Crippen LogP contribution < -0.4 is 5.32 Å². The molecule has 0 spiro atoms. The second-order valence-corrected chi connectivity index (χ2v) is 5.70. The smallest absolute Gasteiger partial charge is 0.287 e. The lowest BCUT2D eigenvalue weighted by atomic mass is 10.00. The van der Waals surface area contributed by atoms with Crippen LogP contribution in [0, 0.1) is 13.8 Å². The van der Waals surface area contributed by atoms with Crippen LogP contribution in [0.25, 0.3) is 11.0 Å². The van der Waals surface area contributed by atoms with Crippen molar-refractivity contribution in [3.63, 3.8) is 0 Å². The molecular weight excluding hydrogens is 274 g/mol. The highest BCUT2D eigenvalue weighted by Gasteiger charge is 2.16. The van der Waals surface area contributed by atoms with Crippen LogP contribution in [0.2, 0.25) is 0 Å². The van der Waals surface area contributed by atoms with Gasteiger partial charge in [-0.2, -0.15) is 0 Å². The summed E-state index contributed by atoms with van der Waals surface area (Å²) < 4.78 is 5.61. The van der Waals surface area contributed by atoms with Crippen molar-refractivity contribution in [1.29, 1.82) is 0 Å². The molecule has 3 nitrogen and oxygen atoms in total. The van der Waals surface area contributed by atoms with E-state index in [4.69, 9.17) is 4.42 Å². The van der Waals surface area contributed by atoms with Crippen molar-refractivity contribution < 1.29 is 9.21 Å². The van der Waals surface area contributed by atoms with E-state index in [-0.39, 0.29) is 11.9 Å². The summed E-state index contributed by atoms with van der Waals surface area (Å²) in [4.78, 5) is 12.4. The molecule has 0 aliphatic heterocycles. The Morgan fingerprint density at radius 3 is 2.64 bits per heavy atom. The fourth-order valence-electron chi connectivity index (χ4n) is 2.67. The number of hydrogen-bond donors (Lipinski definition) is 1. The zero-order valence-corrected chi connectivity index (χ0v) is 13.0. The Morgan fingerprint density at radius 1 is 1.09 bits per heavy atom. The first-order valence-corrected chi connectivity index (χ1v) is 7.41. The number of hydrogen-bond acceptors (Lipinski definition) is 2. The Kier molecular flexibility index (Phi) is 3.72. The average molecular weight is 293 g/mol. The summed E-state index contributed by atoms with van der Waals surface area (Å²) in [6.07, 6.45) is 0. The predicted molar refractivity (Wildman–Crippen MR) is 88.0 cm³/mol. The number of nitrogens with one attached hydrogen (secondary N) is 1. The number of furan rings is 1. The van der Waals surface area contributed by atoms with E-state index in [2.05, 4.69) is 37.4 Å². The van der Waals surface area contributed by atoms with Crippen LogP contribution in [-0.4, -0.2) is 5.91 Å². The molecule has 0 unspecified atom stereocenters. The van der Waals surface area contributed by atoms with Crippen molar-refractivity contribution in [1.82, 2.24) is 5.32 Å². The lowest BCUT2D eigenvalue weighted by molar-refractivity contribution is 0.0914. The number of aryl methyl sites for hydroxylation is 2. The van der Waals surface area contributed by atoms with E-state index in [0.29, 0.717) is 5.76 Å². The van der Waals surface area contributed by atoms with Gasteiger partial charge in [-0.1, -0.05) is 42.0 Å². The molecule has 0 bridgehead atoms. The molecule has 0 aliphatic carbocycles. The molecule has 0 radical (unpaired) electrons. The zero-order chi connectivity index (χ0) is 15.7. The van der Waals surface area contributed by atoms with E-state index in [9.17, 15) is 4.79 Å². The molecular formula is C19H19NO2. The maximum absolute atomic E-state index is 12.4. The molecule has 0 saturated heterocycles. The molecule has 0 aliphatic rings. The first-order chi connectivity index (χ1) is 10.5. The van der Waals surface area contributed by atoms with E-state index in [1.807, 2.05) is 31.2 Å². The SMILES string of the molecule is Cc1ccc(C)c([C@@H](C)NC(=O)c2cc3ccccc3o2)c1. The van der Waals surface area contributed by atoms with Crippen LogP contribution in [0.5, 0.6) is 0 Å². The minimum absolute atomic E-state index is 0.0689. The number of rotatable bonds is 3. The summed E-state index contributed by atoms with van der Waals surface area (Å²) in [5.74, 6) is 0.156. The summed E-state index contributed by atoms with van der Waals surface area (Å²) >= 11 is 0. The second kappa shape index (κ2) is 5.68. The quantitative estimate of drug-likeness (QED) is 0.770. The third-order valence-corrected chi connectivity index (χ3v) is 3.90. The summed E-state index contributed by atoms with van der Waals surface area (Å²) in [5, 5.41) is 3.95. The Morgan fingerprint density at radius 2 is 1.86 bits per heavy atom. The van der Waals surface area contributed by atoms with Gasteiger partial charge >= 0.3 is 0 Å². The molecule has 0 saturated carbocycles. The Labute approximate surface area is 130 Å². The highest BCUT2D eigenvalue weighted by molar-refractivity contribution is 5.96. The molecule has 1 heterocycles. The normalized spacial score (nSPS) is 12.3. The van der Waals surface area contributed by atoms with E-state index in [0.717, 1.165) is 16.5 Å². The number of carbonyl (C=O) groups excluding carboxylic acids is 1. The van der Waals surface area contributed by atoms with Crippen molar-refractivity contribution in [2.24, 2.45) is 0 Å². The number of para-hydroxylation sites is 1. The van der Waals surface area contributed by atoms with Crippen LogP contribution in [-0.2, 0) is 0 Å². The van der Waals surface area contributed by atoms with Gasteiger partial charge in [0, 0.05) is 5.39 Å². The van der Waals surface area contributed by atoms with Gasteiger partial charge in [0.05, 0.1) is 6.04 Å². The Hall–Kier alpha value is -2.55. The molecule has 3 heteroatoms.